The Kier molecular flexibility index (Phi) is 4.68. The van der Waals surface area contributed by atoms with Crippen molar-refractivity contribution in [1.29, 1.82) is 0 Å². The van der Waals surface area contributed by atoms with E-state index in [1.807, 2.05) is 13.8 Å². The van der Waals surface area contributed by atoms with E-state index in [1.165, 1.54) is 19.4 Å². The van der Waals surface area contributed by atoms with Crippen molar-refractivity contribution in [1.82, 2.24) is 4.98 Å². The van der Waals surface area contributed by atoms with Gasteiger partial charge < -0.3 is 21.5 Å². The summed E-state index contributed by atoms with van der Waals surface area (Å²) in [4.78, 5) is 27.0. The Morgan fingerprint density at radius 2 is 2.05 bits per heavy atom. The number of esters is 1. The second kappa shape index (κ2) is 6.03. The van der Waals surface area contributed by atoms with E-state index < -0.39 is 17.9 Å². The monoisotopic (exact) mass is 266 g/mol. The second-order valence-corrected chi connectivity index (χ2v) is 4.42. The first kappa shape index (κ1) is 14.7. The molecule has 0 spiro atoms. The molecule has 5 N–H and O–H groups in total. The minimum Gasteiger partial charge on any atom is -0.465 e. The fourth-order valence-corrected chi connectivity index (χ4v) is 1.58. The van der Waals surface area contributed by atoms with Crippen molar-refractivity contribution in [3.63, 3.8) is 0 Å². The van der Waals surface area contributed by atoms with Gasteiger partial charge in [0.05, 0.1) is 19.0 Å². The largest absolute Gasteiger partial charge is 0.465 e. The number of aromatic nitrogens is 1. The van der Waals surface area contributed by atoms with E-state index in [2.05, 4.69) is 15.0 Å². The maximum atomic E-state index is 11.6. The Hall–Kier alpha value is -2.31. The van der Waals surface area contributed by atoms with E-state index in [0.717, 1.165) is 0 Å². The van der Waals surface area contributed by atoms with Crippen LogP contribution < -0.4 is 16.8 Å². The number of nitrogens with zero attached hydrogens (tertiary/aromatic N) is 1. The number of carbonyl (C=O) groups is 2. The minimum absolute atomic E-state index is 0.0534. The Bertz CT molecular complexity index is 488. The van der Waals surface area contributed by atoms with Crippen molar-refractivity contribution in [2.45, 2.75) is 19.9 Å². The summed E-state index contributed by atoms with van der Waals surface area (Å²) in [6.45, 7) is 3.66. The van der Waals surface area contributed by atoms with Crippen LogP contribution in [-0.4, -0.2) is 30.0 Å². The Labute approximate surface area is 111 Å². The lowest BCUT2D eigenvalue weighted by atomic mass is 10.0. The third kappa shape index (κ3) is 3.57. The Balaban J connectivity index is 3.12. The normalized spacial score (nSPS) is 12.0. The van der Waals surface area contributed by atoms with Crippen molar-refractivity contribution in [2.24, 2.45) is 11.7 Å². The van der Waals surface area contributed by atoms with E-state index in [9.17, 15) is 9.59 Å². The fourth-order valence-electron chi connectivity index (χ4n) is 1.58. The molecule has 1 rings (SSSR count). The van der Waals surface area contributed by atoms with Crippen LogP contribution in [0.25, 0.3) is 0 Å². The summed E-state index contributed by atoms with van der Waals surface area (Å²) in [5.41, 5.74) is 11.4. The highest BCUT2D eigenvalue weighted by Crippen LogP contribution is 2.19. The lowest BCUT2D eigenvalue weighted by Crippen LogP contribution is -2.40. The highest BCUT2D eigenvalue weighted by atomic mass is 16.5. The first-order valence-corrected chi connectivity index (χ1v) is 5.76. The predicted octanol–water partition coefficient (Wildman–Crippen LogP) is 0.372. The predicted molar refractivity (Wildman–Crippen MR) is 71.4 cm³/mol. The van der Waals surface area contributed by atoms with Crippen LogP contribution >= 0.6 is 0 Å². The van der Waals surface area contributed by atoms with Gasteiger partial charge in [-0.2, -0.15) is 0 Å². The van der Waals surface area contributed by atoms with E-state index in [1.54, 1.807) is 0 Å². The van der Waals surface area contributed by atoms with E-state index in [4.69, 9.17) is 11.5 Å². The zero-order valence-corrected chi connectivity index (χ0v) is 11.1. The maximum Gasteiger partial charge on any atom is 0.341 e. The lowest BCUT2D eigenvalue weighted by Gasteiger charge is -2.20. The number of carbonyl (C=O) groups excluding carboxylic acids is 2. The van der Waals surface area contributed by atoms with Crippen LogP contribution in [0.15, 0.2) is 12.3 Å². The molecule has 1 aromatic rings. The molecular formula is C12H18N4O3. The fraction of sp³-hybridized carbons (Fsp3) is 0.417. The van der Waals surface area contributed by atoms with Gasteiger partial charge in [0.15, 0.2) is 0 Å². The summed E-state index contributed by atoms with van der Waals surface area (Å²) in [6, 6.07) is 0.791. The number of nitrogen functional groups attached to an aromatic ring is 1. The molecule has 0 radical (unpaired) electrons. The minimum atomic E-state index is -0.639. The number of methoxy groups -OCH3 is 1. The van der Waals surface area contributed by atoms with Crippen molar-refractivity contribution in [2.75, 3.05) is 18.2 Å². The Morgan fingerprint density at radius 3 is 2.53 bits per heavy atom. The van der Waals surface area contributed by atoms with Crippen LogP contribution in [0.4, 0.5) is 11.5 Å². The molecule has 0 saturated heterocycles. The van der Waals surface area contributed by atoms with E-state index in [-0.39, 0.29) is 17.3 Å². The molecule has 104 valence electrons. The number of anilines is 2. The number of hydrogen-bond donors (Lipinski definition) is 3. The van der Waals surface area contributed by atoms with Gasteiger partial charge >= 0.3 is 5.97 Å². The number of nitrogens with two attached hydrogens (primary N) is 2. The zero-order valence-electron chi connectivity index (χ0n) is 11.1. The summed E-state index contributed by atoms with van der Waals surface area (Å²) >= 11 is 0. The van der Waals surface area contributed by atoms with Gasteiger partial charge in [-0.25, -0.2) is 9.78 Å². The van der Waals surface area contributed by atoms with Gasteiger partial charge in [0.25, 0.3) is 0 Å². The molecule has 7 heteroatoms. The van der Waals surface area contributed by atoms with Crippen molar-refractivity contribution >= 4 is 23.4 Å². The van der Waals surface area contributed by atoms with Gasteiger partial charge in [-0.1, -0.05) is 13.8 Å². The first-order valence-electron chi connectivity index (χ1n) is 5.76. The van der Waals surface area contributed by atoms with Gasteiger partial charge in [-0.05, 0) is 12.0 Å². The summed E-state index contributed by atoms with van der Waals surface area (Å²) in [6.07, 6.45) is 1.38. The summed E-state index contributed by atoms with van der Waals surface area (Å²) in [5, 5.41) is 2.85. The smallest absolute Gasteiger partial charge is 0.341 e. The van der Waals surface area contributed by atoms with Gasteiger partial charge in [0.2, 0.25) is 5.91 Å². The molecule has 0 aromatic carbocycles. The van der Waals surface area contributed by atoms with Crippen molar-refractivity contribution < 1.29 is 14.3 Å². The average molecular weight is 266 g/mol. The summed E-state index contributed by atoms with van der Waals surface area (Å²) < 4.78 is 4.64. The second-order valence-electron chi connectivity index (χ2n) is 4.42. The molecule has 0 bridgehead atoms. The molecule has 1 amide bonds. The average Bonchev–Trinajstić information content (AvgIpc) is 2.35. The number of rotatable bonds is 5. The van der Waals surface area contributed by atoms with Crippen LogP contribution in [0.3, 0.4) is 0 Å². The number of ether oxygens (including phenoxy) is 1. The number of amides is 1. The van der Waals surface area contributed by atoms with E-state index in [0.29, 0.717) is 5.69 Å². The molecule has 0 fully saturated rings. The molecule has 0 aliphatic carbocycles. The van der Waals surface area contributed by atoms with Gasteiger partial charge in [-0.3, -0.25) is 4.79 Å². The third-order valence-electron chi connectivity index (χ3n) is 2.58. The Morgan fingerprint density at radius 1 is 1.42 bits per heavy atom. The van der Waals surface area contributed by atoms with Crippen LogP contribution in [0.2, 0.25) is 0 Å². The van der Waals surface area contributed by atoms with Gasteiger partial charge in [-0.15, -0.1) is 0 Å². The SMILES string of the molecule is COC(=O)c1cc(N)cnc1NC(C(N)=O)C(C)C. The molecule has 1 heterocycles. The van der Waals surface area contributed by atoms with Crippen LogP contribution in [0.5, 0.6) is 0 Å². The molecule has 1 atom stereocenters. The summed E-state index contributed by atoms with van der Waals surface area (Å²) in [5.74, 6) is -0.945. The van der Waals surface area contributed by atoms with Gasteiger partial charge in [0.1, 0.15) is 17.4 Å². The molecule has 0 aliphatic rings. The molecule has 19 heavy (non-hydrogen) atoms. The maximum absolute atomic E-state index is 11.6. The summed E-state index contributed by atoms with van der Waals surface area (Å²) in [7, 11) is 1.25. The molecule has 1 unspecified atom stereocenters. The molecular weight excluding hydrogens is 248 g/mol. The van der Waals surface area contributed by atoms with Crippen LogP contribution in [-0.2, 0) is 9.53 Å². The number of pyridine rings is 1. The highest BCUT2D eigenvalue weighted by molar-refractivity contribution is 5.96. The quantitative estimate of drug-likeness (QED) is 0.662. The van der Waals surface area contributed by atoms with Crippen LogP contribution in [0.1, 0.15) is 24.2 Å². The molecule has 0 saturated carbocycles. The van der Waals surface area contributed by atoms with Crippen molar-refractivity contribution in [3.8, 4) is 0 Å². The third-order valence-corrected chi connectivity index (χ3v) is 2.58. The van der Waals surface area contributed by atoms with Crippen molar-refractivity contribution in [3.05, 3.63) is 17.8 Å². The number of hydrogen-bond acceptors (Lipinski definition) is 6. The number of primary amides is 1. The standard InChI is InChI=1S/C12H18N4O3/c1-6(2)9(10(14)17)16-11-8(12(18)19-3)4-7(13)5-15-11/h4-6,9H,13H2,1-3H3,(H2,14,17)(H,15,16). The first-order chi connectivity index (χ1) is 8.86. The molecule has 1 aromatic heterocycles. The lowest BCUT2D eigenvalue weighted by molar-refractivity contribution is -0.119. The van der Waals surface area contributed by atoms with Gasteiger partial charge in [0, 0.05) is 0 Å². The topological polar surface area (TPSA) is 120 Å². The van der Waals surface area contributed by atoms with Crippen LogP contribution in [0, 0.1) is 5.92 Å². The highest BCUT2D eigenvalue weighted by Gasteiger charge is 2.23. The van der Waals surface area contributed by atoms with E-state index >= 15 is 0 Å². The molecule has 0 aliphatic heterocycles. The number of nitrogens with one attached hydrogen (secondary N) is 1. The molecule has 7 nitrogen and oxygen atoms in total. The zero-order chi connectivity index (χ0) is 14.6.